The van der Waals surface area contributed by atoms with Crippen LogP contribution in [0.15, 0.2) is 47.5 Å². The van der Waals surface area contributed by atoms with Crippen molar-refractivity contribution in [2.45, 2.75) is 26.3 Å². The smallest absolute Gasteiger partial charge is 0.326 e. The minimum absolute atomic E-state index is 0.331. The largest absolute Gasteiger partial charge is 0.494 e. The molecule has 0 saturated heterocycles. The maximum Gasteiger partial charge on any atom is 0.326 e. The van der Waals surface area contributed by atoms with E-state index in [0.717, 1.165) is 4.70 Å². The predicted octanol–water partition coefficient (Wildman–Crippen LogP) is 4.53. The van der Waals surface area contributed by atoms with Crippen molar-refractivity contribution in [1.29, 1.82) is 0 Å². The van der Waals surface area contributed by atoms with Crippen LogP contribution < -0.4 is 9.54 Å². The number of halogens is 1. The number of carbonyl (C=O) groups is 2. The molecule has 146 valence electrons. The zero-order chi connectivity index (χ0) is 20.3. The summed E-state index contributed by atoms with van der Waals surface area (Å²) >= 11 is 7.13. The number of carboxylic acid groups (broad SMARTS) is 1. The summed E-state index contributed by atoms with van der Waals surface area (Å²) in [6.45, 7) is 4.20. The molecule has 0 fully saturated rings. The number of fused-ring (bicyclic) bond motifs is 1. The van der Waals surface area contributed by atoms with Crippen LogP contribution in [0.4, 0.5) is 0 Å². The molecule has 0 aliphatic rings. The van der Waals surface area contributed by atoms with Gasteiger partial charge in [0.1, 0.15) is 11.8 Å². The molecular formula is C20H19ClN2O4S. The lowest BCUT2D eigenvalue weighted by Crippen LogP contribution is -2.27. The van der Waals surface area contributed by atoms with Crippen molar-refractivity contribution < 1.29 is 19.4 Å². The van der Waals surface area contributed by atoms with Crippen LogP contribution in [0.2, 0.25) is 5.02 Å². The third-order valence-electron chi connectivity index (χ3n) is 4.18. The molecule has 0 aliphatic carbocycles. The molecule has 1 aromatic heterocycles. The molecule has 0 bridgehead atoms. The van der Waals surface area contributed by atoms with Crippen LogP contribution in [-0.2, 0) is 4.79 Å². The van der Waals surface area contributed by atoms with Gasteiger partial charge in [-0.3, -0.25) is 4.79 Å². The lowest BCUT2D eigenvalue weighted by molar-refractivity contribution is -0.140. The monoisotopic (exact) mass is 418 g/mol. The van der Waals surface area contributed by atoms with E-state index in [1.54, 1.807) is 47.9 Å². The Bertz CT molecular complexity index is 1090. The van der Waals surface area contributed by atoms with Crippen molar-refractivity contribution in [3.8, 4) is 5.75 Å². The summed E-state index contributed by atoms with van der Waals surface area (Å²) in [6.07, 6.45) is 0.358. The Hall–Kier alpha value is -2.64. The average Bonchev–Trinajstić information content (AvgIpc) is 3.00. The zero-order valence-corrected chi connectivity index (χ0v) is 17.0. The van der Waals surface area contributed by atoms with Gasteiger partial charge < -0.3 is 14.4 Å². The van der Waals surface area contributed by atoms with E-state index in [1.165, 1.54) is 11.3 Å². The highest BCUT2D eigenvalue weighted by atomic mass is 35.5. The Morgan fingerprint density at radius 1 is 1.21 bits per heavy atom. The number of hydrogen-bond donors (Lipinski definition) is 1. The molecule has 6 nitrogen and oxygen atoms in total. The molecule has 1 unspecified atom stereocenters. The van der Waals surface area contributed by atoms with E-state index in [0.29, 0.717) is 39.7 Å². The third kappa shape index (κ3) is 4.10. The first-order valence-electron chi connectivity index (χ1n) is 8.80. The second-order valence-corrected chi connectivity index (χ2v) is 7.45. The van der Waals surface area contributed by atoms with Gasteiger partial charge in [-0.15, -0.1) is 0 Å². The molecule has 0 saturated carbocycles. The number of benzene rings is 2. The number of aromatic nitrogens is 1. The summed E-state index contributed by atoms with van der Waals surface area (Å²) in [5, 5.41) is 10.2. The molecule has 8 heteroatoms. The number of amides is 1. The van der Waals surface area contributed by atoms with Crippen LogP contribution in [0, 0.1) is 0 Å². The van der Waals surface area contributed by atoms with Crippen LogP contribution >= 0.6 is 22.9 Å². The molecule has 3 rings (SSSR count). The molecule has 1 N–H and O–H groups in total. The summed E-state index contributed by atoms with van der Waals surface area (Å²) in [7, 11) is 0. The minimum Gasteiger partial charge on any atom is -0.494 e. The highest BCUT2D eigenvalue weighted by Gasteiger charge is 2.22. The summed E-state index contributed by atoms with van der Waals surface area (Å²) in [5.41, 5.74) is 1.08. The van der Waals surface area contributed by atoms with Gasteiger partial charge in [-0.2, -0.15) is 4.99 Å². The van der Waals surface area contributed by atoms with E-state index in [9.17, 15) is 14.7 Å². The minimum atomic E-state index is -0.975. The fourth-order valence-corrected chi connectivity index (χ4v) is 4.09. The fourth-order valence-electron chi connectivity index (χ4n) is 2.87. The van der Waals surface area contributed by atoms with Gasteiger partial charge in [-0.25, -0.2) is 4.79 Å². The summed E-state index contributed by atoms with van der Waals surface area (Å²) in [6, 6.07) is 11.0. The summed E-state index contributed by atoms with van der Waals surface area (Å²) in [5.74, 6) is -0.749. The molecule has 1 heterocycles. The van der Waals surface area contributed by atoms with Gasteiger partial charge in [0.2, 0.25) is 0 Å². The third-order valence-corrected chi connectivity index (χ3v) is 5.45. The number of carbonyl (C=O) groups excluding carboxylic acids is 1. The van der Waals surface area contributed by atoms with E-state index in [1.807, 2.05) is 13.0 Å². The number of aliphatic carboxylic acids is 1. The number of rotatable bonds is 6. The Labute approximate surface area is 170 Å². The maximum absolute atomic E-state index is 12.6. The Kier molecular flexibility index (Phi) is 6.16. The Morgan fingerprint density at radius 2 is 1.93 bits per heavy atom. The predicted molar refractivity (Wildman–Crippen MR) is 109 cm³/mol. The lowest BCUT2D eigenvalue weighted by atomic mass is 10.2. The number of carboxylic acids is 1. The van der Waals surface area contributed by atoms with Gasteiger partial charge in [0.15, 0.2) is 4.80 Å². The van der Waals surface area contributed by atoms with E-state index in [4.69, 9.17) is 16.3 Å². The molecule has 28 heavy (non-hydrogen) atoms. The van der Waals surface area contributed by atoms with Crippen molar-refractivity contribution in [3.63, 3.8) is 0 Å². The van der Waals surface area contributed by atoms with Crippen LogP contribution in [0.25, 0.3) is 10.2 Å². The standard InChI is InChI=1S/C20H19ClN2O4S/c1-3-15(19(25)26)23-16-10-9-14(27-4-2)11-17(16)28-20(23)22-18(24)12-5-7-13(21)8-6-12/h5-11,15H,3-4H2,1-2H3,(H,25,26)/b22-20-. The number of hydrogen-bond acceptors (Lipinski definition) is 4. The van der Waals surface area contributed by atoms with Crippen molar-refractivity contribution in [3.05, 3.63) is 57.9 Å². The van der Waals surface area contributed by atoms with Crippen LogP contribution in [0.1, 0.15) is 36.7 Å². The van der Waals surface area contributed by atoms with Gasteiger partial charge in [0, 0.05) is 10.6 Å². The fraction of sp³-hybridized carbons (Fsp3) is 0.250. The molecule has 0 radical (unpaired) electrons. The molecule has 0 spiro atoms. The van der Waals surface area contributed by atoms with Gasteiger partial charge in [-0.05, 0) is 55.8 Å². The zero-order valence-electron chi connectivity index (χ0n) is 15.4. The first kappa shape index (κ1) is 20.1. The number of nitrogens with zero attached hydrogens (tertiary/aromatic N) is 2. The Balaban J connectivity index is 2.19. The Morgan fingerprint density at radius 3 is 2.54 bits per heavy atom. The summed E-state index contributed by atoms with van der Waals surface area (Å²) < 4.78 is 7.93. The number of thiazole rings is 1. The lowest BCUT2D eigenvalue weighted by Gasteiger charge is -2.13. The second-order valence-electron chi connectivity index (χ2n) is 6.00. The van der Waals surface area contributed by atoms with Gasteiger partial charge >= 0.3 is 5.97 Å². The van der Waals surface area contributed by atoms with E-state index in [-0.39, 0.29) is 0 Å². The average molecular weight is 419 g/mol. The van der Waals surface area contributed by atoms with E-state index in [2.05, 4.69) is 4.99 Å². The van der Waals surface area contributed by atoms with Gasteiger partial charge in [0.05, 0.1) is 16.8 Å². The van der Waals surface area contributed by atoms with E-state index >= 15 is 0 Å². The molecule has 1 atom stereocenters. The normalized spacial score (nSPS) is 12.9. The highest BCUT2D eigenvalue weighted by molar-refractivity contribution is 7.16. The molecule has 1 amide bonds. The number of ether oxygens (including phenoxy) is 1. The highest BCUT2D eigenvalue weighted by Crippen LogP contribution is 2.27. The quantitative estimate of drug-likeness (QED) is 0.637. The first-order chi connectivity index (χ1) is 13.4. The van der Waals surface area contributed by atoms with Crippen LogP contribution in [-0.4, -0.2) is 28.2 Å². The SMILES string of the molecule is CCOc1ccc2c(c1)s/c(=N\C(=O)c1ccc(Cl)cc1)n2C(CC)C(=O)O. The van der Waals surface area contributed by atoms with Crippen molar-refractivity contribution in [2.24, 2.45) is 4.99 Å². The summed E-state index contributed by atoms with van der Waals surface area (Å²) in [4.78, 5) is 29.0. The van der Waals surface area contributed by atoms with Crippen molar-refractivity contribution in [2.75, 3.05) is 6.61 Å². The molecule has 0 aliphatic heterocycles. The van der Waals surface area contributed by atoms with E-state index < -0.39 is 17.9 Å². The molecular weight excluding hydrogens is 400 g/mol. The first-order valence-corrected chi connectivity index (χ1v) is 9.99. The van der Waals surface area contributed by atoms with Crippen LogP contribution in [0.5, 0.6) is 5.75 Å². The van der Waals surface area contributed by atoms with Gasteiger partial charge in [-0.1, -0.05) is 29.9 Å². The second kappa shape index (κ2) is 8.58. The van der Waals surface area contributed by atoms with Crippen molar-refractivity contribution in [1.82, 2.24) is 4.57 Å². The molecule has 2 aromatic carbocycles. The van der Waals surface area contributed by atoms with Crippen LogP contribution in [0.3, 0.4) is 0 Å². The maximum atomic E-state index is 12.6. The van der Waals surface area contributed by atoms with Gasteiger partial charge in [0.25, 0.3) is 5.91 Å². The topological polar surface area (TPSA) is 80.9 Å². The molecule has 3 aromatic rings. The van der Waals surface area contributed by atoms with Crippen molar-refractivity contribution >= 4 is 45.0 Å².